The Hall–Kier alpha value is -5.20. The molecule has 204 valence electrons. The fourth-order valence-electron chi connectivity index (χ4n) is 5.46. The standard InChI is InChI=1S/C36H30N6/c1-2-3-4-12-28(37)31-22-26(23-32(39-31)30-14-7-9-20-38-30)24-16-18-25(19-17-24)34-36-35(27-11-5-6-13-29(27)40-34)41-33-15-8-10-21-42(33)36/h3-11,13-23,28H,2,12,37H2,1H3/b4-3-. The number of imidazole rings is 1. The maximum absolute atomic E-state index is 6.61. The fraction of sp³-hybridized carbons (Fsp3) is 0.111. The van der Waals surface area contributed by atoms with Gasteiger partial charge in [0.05, 0.1) is 39.9 Å². The van der Waals surface area contributed by atoms with Crippen LogP contribution < -0.4 is 5.73 Å². The third-order valence-electron chi connectivity index (χ3n) is 7.58. The topological polar surface area (TPSA) is 82.0 Å². The van der Waals surface area contributed by atoms with Crippen LogP contribution in [-0.2, 0) is 0 Å². The van der Waals surface area contributed by atoms with Crippen LogP contribution >= 0.6 is 0 Å². The largest absolute Gasteiger partial charge is 0.322 e. The molecular weight excluding hydrogens is 516 g/mol. The van der Waals surface area contributed by atoms with E-state index in [0.717, 1.165) is 79.9 Å². The van der Waals surface area contributed by atoms with Gasteiger partial charge >= 0.3 is 0 Å². The molecule has 2 aromatic carbocycles. The van der Waals surface area contributed by atoms with Crippen LogP contribution in [0.5, 0.6) is 0 Å². The molecule has 1 unspecified atom stereocenters. The zero-order valence-electron chi connectivity index (χ0n) is 23.4. The second-order valence-electron chi connectivity index (χ2n) is 10.4. The molecule has 5 aromatic heterocycles. The quantitative estimate of drug-likeness (QED) is 0.204. The van der Waals surface area contributed by atoms with Gasteiger partial charge in [0.25, 0.3) is 0 Å². The average Bonchev–Trinajstić information content (AvgIpc) is 3.45. The molecular formula is C36H30N6. The molecule has 2 N–H and O–H groups in total. The Kier molecular flexibility index (Phi) is 6.74. The van der Waals surface area contributed by atoms with Crippen LogP contribution in [0.15, 0.2) is 122 Å². The van der Waals surface area contributed by atoms with Crippen molar-refractivity contribution < 1.29 is 0 Å². The van der Waals surface area contributed by atoms with E-state index in [-0.39, 0.29) is 6.04 Å². The van der Waals surface area contributed by atoms with E-state index in [0.29, 0.717) is 0 Å². The number of fused-ring (bicyclic) bond motifs is 5. The minimum Gasteiger partial charge on any atom is -0.322 e. The smallest absolute Gasteiger partial charge is 0.137 e. The predicted octanol–water partition coefficient (Wildman–Crippen LogP) is 8.18. The molecule has 42 heavy (non-hydrogen) atoms. The summed E-state index contributed by atoms with van der Waals surface area (Å²) in [6.45, 7) is 2.12. The van der Waals surface area contributed by atoms with E-state index in [9.17, 15) is 0 Å². The predicted molar refractivity (Wildman–Crippen MR) is 171 cm³/mol. The third kappa shape index (κ3) is 4.72. The summed E-state index contributed by atoms with van der Waals surface area (Å²) in [4.78, 5) is 19.6. The first-order chi connectivity index (χ1) is 20.7. The zero-order chi connectivity index (χ0) is 28.5. The first-order valence-corrected chi connectivity index (χ1v) is 14.3. The van der Waals surface area contributed by atoms with Crippen molar-refractivity contribution >= 4 is 27.6 Å². The van der Waals surface area contributed by atoms with Crippen molar-refractivity contribution in [1.29, 1.82) is 0 Å². The molecule has 7 rings (SSSR count). The van der Waals surface area contributed by atoms with E-state index < -0.39 is 0 Å². The molecule has 0 aliphatic carbocycles. The summed E-state index contributed by atoms with van der Waals surface area (Å²) in [5.41, 5.74) is 16.9. The van der Waals surface area contributed by atoms with Crippen LogP contribution in [0.25, 0.3) is 61.4 Å². The highest BCUT2D eigenvalue weighted by atomic mass is 15.0. The van der Waals surface area contributed by atoms with Gasteiger partial charge in [0.2, 0.25) is 0 Å². The van der Waals surface area contributed by atoms with E-state index in [1.807, 2.05) is 54.6 Å². The first kappa shape index (κ1) is 25.7. The number of benzene rings is 2. The summed E-state index contributed by atoms with van der Waals surface area (Å²) in [6, 6.07) is 32.7. The summed E-state index contributed by atoms with van der Waals surface area (Å²) in [7, 11) is 0. The molecule has 0 radical (unpaired) electrons. The highest BCUT2D eigenvalue weighted by Crippen LogP contribution is 2.34. The van der Waals surface area contributed by atoms with Crippen molar-refractivity contribution in [1.82, 2.24) is 24.3 Å². The molecule has 0 saturated heterocycles. The van der Waals surface area contributed by atoms with Crippen molar-refractivity contribution in [3.63, 3.8) is 0 Å². The minimum atomic E-state index is -0.209. The van der Waals surface area contributed by atoms with Gasteiger partial charge in [-0.1, -0.05) is 73.7 Å². The molecule has 7 aromatic rings. The monoisotopic (exact) mass is 546 g/mol. The molecule has 0 fully saturated rings. The summed E-state index contributed by atoms with van der Waals surface area (Å²) in [5, 5.41) is 1.05. The maximum atomic E-state index is 6.61. The number of nitrogens with two attached hydrogens (primary N) is 1. The fourth-order valence-corrected chi connectivity index (χ4v) is 5.46. The lowest BCUT2D eigenvalue weighted by Gasteiger charge is -2.14. The Labute approximate surface area is 244 Å². The number of hydrogen-bond acceptors (Lipinski definition) is 5. The number of nitrogens with zero attached hydrogens (tertiary/aromatic N) is 5. The second-order valence-corrected chi connectivity index (χ2v) is 10.4. The molecule has 5 heterocycles. The van der Waals surface area contributed by atoms with Crippen LogP contribution in [0, 0.1) is 0 Å². The van der Waals surface area contributed by atoms with Crippen LogP contribution in [0.1, 0.15) is 31.5 Å². The molecule has 0 amide bonds. The molecule has 6 nitrogen and oxygen atoms in total. The SMILES string of the molecule is CC/C=C\CC(N)c1cc(-c2ccc(-c3nc4ccccc4c4nc5ccccn5c34)cc2)cc(-c2ccccn2)n1. The van der Waals surface area contributed by atoms with E-state index in [1.165, 1.54) is 0 Å². The van der Waals surface area contributed by atoms with Crippen molar-refractivity contribution in [3.8, 4) is 33.8 Å². The summed E-state index contributed by atoms with van der Waals surface area (Å²) < 4.78 is 2.13. The van der Waals surface area contributed by atoms with Gasteiger partial charge in [-0.05, 0) is 66.4 Å². The highest BCUT2D eigenvalue weighted by molar-refractivity contribution is 6.09. The Balaban J connectivity index is 1.34. The normalized spacial score (nSPS) is 12.5. The summed E-state index contributed by atoms with van der Waals surface area (Å²) in [6.07, 6.45) is 9.83. The summed E-state index contributed by atoms with van der Waals surface area (Å²) in [5.74, 6) is 0. The van der Waals surface area contributed by atoms with Gasteiger partial charge < -0.3 is 5.73 Å². The maximum Gasteiger partial charge on any atom is 0.137 e. The Morgan fingerprint density at radius 3 is 2.40 bits per heavy atom. The first-order valence-electron chi connectivity index (χ1n) is 14.3. The number of pyridine rings is 4. The minimum absolute atomic E-state index is 0.209. The third-order valence-corrected chi connectivity index (χ3v) is 7.58. The van der Waals surface area contributed by atoms with Gasteiger partial charge in [0.1, 0.15) is 11.2 Å². The number of para-hydroxylation sites is 1. The van der Waals surface area contributed by atoms with Crippen molar-refractivity contribution in [2.75, 3.05) is 0 Å². The van der Waals surface area contributed by atoms with Gasteiger partial charge in [-0.2, -0.15) is 0 Å². The number of allylic oxidation sites excluding steroid dienone is 1. The molecule has 0 spiro atoms. The number of rotatable bonds is 7. The van der Waals surface area contributed by atoms with Gasteiger partial charge in [0, 0.05) is 23.3 Å². The molecule has 0 bridgehead atoms. The van der Waals surface area contributed by atoms with Gasteiger partial charge in [-0.15, -0.1) is 0 Å². The lowest BCUT2D eigenvalue weighted by molar-refractivity contribution is 0.713. The number of aromatic nitrogens is 5. The van der Waals surface area contributed by atoms with Gasteiger partial charge in [-0.3, -0.25) is 9.38 Å². The van der Waals surface area contributed by atoms with E-state index in [2.05, 4.69) is 77.1 Å². The number of hydrogen-bond donors (Lipinski definition) is 1. The Bertz CT molecular complexity index is 2060. The van der Waals surface area contributed by atoms with Crippen molar-refractivity contribution in [3.05, 3.63) is 127 Å². The molecule has 0 aliphatic heterocycles. The molecule has 6 heteroatoms. The van der Waals surface area contributed by atoms with E-state index in [4.69, 9.17) is 20.7 Å². The molecule has 0 aliphatic rings. The Morgan fingerprint density at radius 1 is 0.762 bits per heavy atom. The van der Waals surface area contributed by atoms with Crippen molar-refractivity contribution in [2.45, 2.75) is 25.8 Å². The summed E-state index contributed by atoms with van der Waals surface area (Å²) >= 11 is 0. The van der Waals surface area contributed by atoms with Gasteiger partial charge in [-0.25, -0.2) is 15.0 Å². The zero-order valence-corrected chi connectivity index (χ0v) is 23.4. The van der Waals surface area contributed by atoms with Crippen LogP contribution in [0.3, 0.4) is 0 Å². The lowest BCUT2D eigenvalue weighted by Crippen LogP contribution is -2.12. The highest BCUT2D eigenvalue weighted by Gasteiger charge is 2.17. The van der Waals surface area contributed by atoms with E-state index >= 15 is 0 Å². The lowest BCUT2D eigenvalue weighted by atomic mass is 9.98. The average molecular weight is 547 g/mol. The van der Waals surface area contributed by atoms with Crippen LogP contribution in [0.2, 0.25) is 0 Å². The van der Waals surface area contributed by atoms with E-state index in [1.54, 1.807) is 6.20 Å². The molecule has 0 saturated carbocycles. The molecule has 1 atom stereocenters. The van der Waals surface area contributed by atoms with Crippen LogP contribution in [0.4, 0.5) is 0 Å². The second kappa shape index (κ2) is 11.0. The van der Waals surface area contributed by atoms with Crippen molar-refractivity contribution in [2.24, 2.45) is 5.73 Å². The van der Waals surface area contributed by atoms with Crippen LogP contribution in [-0.4, -0.2) is 24.3 Å². The Morgan fingerprint density at radius 2 is 1.57 bits per heavy atom. The van der Waals surface area contributed by atoms with Gasteiger partial charge in [0.15, 0.2) is 0 Å².